The van der Waals surface area contributed by atoms with Crippen molar-refractivity contribution in [3.63, 3.8) is 0 Å². The van der Waals surface area contributed by atoms with E-state index in [4.69, 9.17) is 10.5 Å². The maximum absolute atomic E-state index is 10.5. The van der Waals surface area contributed by atoms with Gasteiger partial charge < -0.3 is 15.6 Å². The lowest BCUT2D eigenvalue weighted by molar-refractivity contribution is 0.178. The van der Waals surface area contributed by atoms with Crippen molar-refractivity contribution in [3.05, 3.63) is 58.7 Å². The standard InChI is InChI=1S/C17H21NO2/c1-11-6-4-7-12(2)14(11)10-15(19)13-8-5-9-16(20-3)17(13)18/h4-9,15,19H,10,18H2,1-3H3. The molecule has 1 atom stereocenters. The van der Waals surface area contributed by atoms with Gasteiger partial charge in [0, 0.05) is 12.0 Å². The first-order valence-corrected chi connectivity index (χ1v) is 6.70. The van der Waals surface area contributed by atoms with Crippen LogP contribution in [0.3, 0.4) is 0 Å². The van der Waals surface area contributed by atoms with Crippen LogP contribution in [0, 0.1) is 13.8 Å². The van der Waals surface area contributed by atoms with Crippen molar-refractivity contribution in [2.24, 2.45) is 0 Å². The van der Waals surface area contributed by atoms with Gasteiger partial charge in [0.25, 0.3) is 0 Å². The van der Waals surface area contributed by atoms with Crippen molar-refractivity contribution in [1.29, 1.82) is 0 Å². The average Bonchev–Trinajstić information content (AvgIpc) is 2.43. The predicted octanol–water partition coefficient (Wildman–Crippen LogP) is 3.17. The summed E-state index contributed by atoms with van der Waals surface area (Å²) in [5.41, 5.74) is 10.8. The molecular weight excluding hydrogens is 250 g/mol. The average molecular weight is 271 g/mol. The number of nitrogens with two attached hydrogens (primary N) is 1. The Bertz CT molecular complexity index is 588. The second kappa shape index (κ2) is 5.97. The monoisotopic (exact) mass is 271 g/mol. The van der Waals surface area contributed by atoms with E-state index in [2.05, 4.69) is 26.0 Å². The van der Waals surface area contributed by atoms with Crippen LogP contribution in [-0.4, -0.2) is 12.2 Å². The van der Waals surface area contributed by atoms with E-state index in [1.807, 2.05) is 18.2 Å². The van der Waals surface area contributed by atoms with E-state index in [-0.39, 0.29) is 0 Å². The van der Waals surface area contributed by atoms with Crippen LogP contribution >= 0.6 is 0 Å². The maximum Gasteiger partial charge on any atom is 0.142 e. The van der Waals surface area contributed by atoms with Crippen molar-refractivity contribution in [2.45, 2.75) is 26.4 Å². The Morgan fingerprint density at radius 3 is 2.30 bits per heavy atom. The summed E-state index contributed by atoms with van der Waals surface area (Å²) in [6.07, 6.45) is -0.0829. The topological polar surface area (TPSA) is 55.5 Å². The fourth-order valence-corrected chi connectivity index (χ4v) is 2.50. The van der Waals surface area contributed by atoms with Gasteiger partial charge in [-0.15, -0.1) is 0 Å². The number of hydrogen-bond donors (Lipinski definition) is 2. The first kappa shape index (κ1) is 14.4. The molecule has 0 heterocycles. The molecular formula is C17H21NO2. The van der Waals surface area contributed by atoms with Crippen molar-refractivity contribution >= 4 is 5.69 Å². The van der Waals surface area contributed by atoms with Crippen molar-refractivity contribution in [1.82, 2.24) is 0 Å². The molecule has 2 aromatic carbocycles. The van der Waals surface area contributed by atoms with Gasteiger partial charge in [0.15, 0.2) is 0 Å². The third-order valence-corrected chi connectivity index (χ3v) is 3.72. The molecule has 0 spiro atoms. The Morgan fingerprint density at radius 2 is 1.70 bits per heavy atom. The Balaban J connectivity index is 2.31. The Kier molecular flexibility index (Phi) is 4.30. The number of anilines is 1. The van der Waals surface area contributed by atoms with Gasteiger partial charge in [-0.2, -0.15) is 0 Å². The summed E-state index contributed by atoms with van der Waals surface area (Å²) in [5, 5.41) is 10.5. The summed E-state index contributed by atoms with van der Waals surface area (Å²) in [5.74, 6) is 0.600. The summed E-state index contributed by atoms with van der Waals surface area (Å²) in [6.45, 7) is 4.12. The first-order chi connectivity index (χ1) is 9.54. The SMILES string of the molecule is COc1cccc(C(O)Cc2c(C)cccc2C)c1N. The number of nitrogen functional groups attached to an aromatic ring is 1. The first-order valence-electron chi connectivity index (χ1n) is 6.70. The molecule has 2 aromatic rings. The number of aliphatic hydroxyl groups excluding tert-OH is 1. The van der Waals surface area contributed by atoms with Gasteiger partial charge in [-0.3, -0.25) is 0 Å². The Labute approximate surface area is 120 Å². The van der Waals surface area contributed by atoms with E-state index in [1.54, 1.807) is 13.2 Å². The molecule has 0 radical (unpaired) electrons. The van der Waals surface area contributed by atoms with Crippen LogP contribution in [0.2, 0.25) is 0 Å². The third-order valence-electron chi connectivity index (χ3n) is 3.72. The summed E-state index contributed by atoms with van der Waals surface area (Å²) in [7, 11) is 1.58. The summed E-state index contributed by atoms with van der Waals surface area (Å²) < 4.78 is 5.20. The fourth-order valence-electron chi connectivity index (χ4n) is 2.50. The van der Waals surface area contributed by atoms with Crippen LogP contribution in [-0.2, 0) is 6.42 Å². The van der Waals surface area contributed by atoms with Crippen LogP contribution in [0.25, 0.3) is 0 Å². The van der Waals surface area contributed by atoms with Gasteiger partial charge in [0.2, 0.25) is 0 Å². The second-order valence-corrected chi connectivity index (χ2v) is 5.05. The second-order valence-electron chi connectivity index (χ2n) is 5.05. The van der Waals surface area contributed by atoms with Gasteiger partial charge in [-0.05, 0) is 36.6 Å². The van der Waals surface area contributed by atoms with E-state index in [0.29, 0.717) is 23.4 Å². The number of hydrogen-bond acceptors (Lipinski definition) is 3. The van der Waals surface area contributed by atoms with Crippen LogP contribution in [0.1, 0.15) is 28.4 Å². The van der Waals surface area contributed by atoms with Crippen LogP contribution in [0.15, 0.2) is 36.4 Å². The fraction of sp³-hybridized carbons (Fsp3) is 0.294. The molecule has 0 amide bonds. The van der Waals surface area contributed by atoms with Gasteiger partial charge in [0.1, 0.15) is 5.75 Å². The zero-order chi connectivity index (χ0) is 14.7. The number of methoxy groups -OCH3 is 1. The van der Waals surface area contributed by atoms with Crippen molar-refractivity contribution in [3.8, 4) is 5.75 Å². The molecule has 106 valence electrons. The molecule has 3 N–H and O–H groups in total. The number of benzene rings is 2. The minimum absolute atomic E-state index is 0.508. The number of ether oxygens (including phenoxy) is 1. The quantitative estimate of drug-likeness (QED) is 0.840. The molecule has 0 saturated heterocycles. The maximum atomic E-state index is 10.5. The molecule has 3 heteroatoms. The van der Waals surface area contributed by atoms with Gasteiger partial charge in [-0.25, -0.2) is 0 Å². The van der Waals surface area contributed by atoms with Crippen molar-refractivity contribution < 1.29 is 9.84 Å². The highest BCUT2D eigenvalue weighted by molar-refractivity contribution is 5.59. The molecule has 0 aliphatic carbocycles. The lowest BCUT2D eigenvalue weighted by Gasteiger charge is -2.18. The van der Waals surface area contributed by atoms with E-state index in [1.165, 1.54) is 16.7 Å². The molecule has 0 bridgehead atoms. The lowest BCUT2D eigenvalue weighted by atomic mass is 9.94. The largest absolute Gasteiger partial charge is 0.495 e. The molecule has 0 saturated carbocycles. The highest BCUT2D eigenvalue weighted by Gasteiger charge is 2.16. The molecule has 1 unspecified atom stereocenters. The zero-order valence-electron chi connectivity index (χ0n) is 12.2. The van der Waals surface area contributed by atoms with Crippen LogP contribution in [0.5, 0.6) is 5.75 Å². The molecule has 2 rings (SSSR count). The number of aliphatic hydroxyl groups is 1. The third kappa shape index (κ3) is 2.78. The van der Waals surface area contributed by atoms with Gasteiger partial charge >= 0.3 is 0 Å². The highest BCUT2D eigenvalue weighted by atomic mass is 16.5. The summed E-state index contributed by atoms with van der Waals surface area (Å²) in [6, 6.07) is 11.6. The lowest BCUT2D eigenvalue weighted by Crippen LogP contribution is -2.08. The summed E-state index contributed by atoms with van der Waals surface area (Å²) in [4.78, 5) is 0. The predicted molar refractivity (Wildman–Crippen MR) is 82.0 cm³/mol. The molecule has 0 aromatic heterocycles. The molecule has 0 aliphatic rings. The van der Waals surface area contributed by atoms with Crippen LogP contribution in [0.4, 0.5) is 5.69 Å². The van der Waals surface area contributed by atoms with E-state index in [9.17, 15) is 5.11 Å². The molecule has 0 fully saturated rings. The zero-order valence-corrected chi connectivity index (χ0v) is 12.2. The van der Waals surface area contributed by atoms with E-state index >= 15 is 0 Å². The number of rotatable bonds is 4. The Morgan fingerprint density at radius 1 is 1.10 bits per heavy atom. The molecule has 0 aliphatic heterocycles. The van der Waals surface area contributed by atoms with Crippen molar-refractivity contribution in [2.75, 3.05) is 12.8 Å². The van der Waals surface area contributed by atoms with Gasteiger partial charge in [-0.1, -0.05) is 30.3 Å². The molecule has 20 heavy (non-hydrogen) atoms. The summed E-state index contributed by atoms with van der Waals surface area (Å²) >= 11 is 0. The van der Waals surface area contributed by atoms with Gasteiger partial charge in [0.05, 0.1) is 18.9 Å². The minimum Gasteiger partial charge on any atom is -0.495 e. The van der Waals surface area contributed by atoms with E-state index < -0.39 is 6.10 Å². The number of para-hydroxylation sites is 1. The highest BCUT2D eigenvalue weighted by Crippen LogP contribution is 2.32. The molecule has 3 nitrogen and oxygen atoms in total. The number of aryl methyl sites for hydroxylation is 2. The smallest absolute Gasteiger partial charge is 0.142 e. The van der Waals surface area contributed by atoms with Crippen LogP contribution < -0.4 is 10.5 Å². The van der Waals surface area contributed by atoms with E-state index in [0.717, 1.165) is 0 Å². The Hall–Kier alpha value is -2.00. The normalized spacial score (nSPS) is 12.2. The minimum atomic E-state index is -0.634.